The number of carbonyl (C=O) groups excluding carboxylic acids is 1. The predicted octanol–water partition coefficient (Wildman–Crippen LogP) is 3.35. The van der Waals surface area contributed by atoms with Crippen molar-refractivity contribution >= 4 is 17.6 Å². The molecule has 0 saturated carbocycles. The first-order valence-corrected chi connectivity index (χ1v) is 6.53. The van der Waals surface area contributed by atoms with Crippen molar-refractivity contribution in [1.29, 1.82) is 0 Å². The van der Waals surface area contributed by atoms with E-state index in [0.29, 0.717) is 22.9 Å². The summed E-state index contributed by atoms with van der Waals surface area (Å²) in [5.74, 6) is 0.359. The van der Waals surface area contributed by atoms with Gasteiger partial charge in [0.15, 0.2) is 0 Å². The van der Waals surface area contributed by atoms with Crippen LogP contribution in [-0.2, 0) is 11.8 Å². The summed E-state index contributed by atoms with van der Waals surface area (Å²) >= 11 is 5.90. The van der Waals surface area contributed by atoms with Crippen LogP contribution < -0.4 is 4.74 Å². The van der Waals surface area contributed by atoms with Crippen molar-refractivity contribution in [1.82, 2.24) is 9.78 Å². The van der Waals surface area contributed by atoms with E-state index in [1.807, 2.05) is 6.92 Å². The van der Waals surface area contributed by atoms with Crippen molar-refractivity contribution < 1.29 is 14.3 Å². The summed E-state index contributed by atoms with van der Waals surface area (Å²) in [7, 11) is 1.71. The number of hydrogen-bond donors (Lipinski definition) is 0. The summed E-state index contributed by atoms with van der Waals surface area (Å²) in [6.07, 6.45) is 1.57. The van der Waals surface area contributed by atoms with Gasteiger partial charge in [0.1, 0.15) is 11.3 Å². The molecule has 0 bridgehead atoms. The van der Waals surface area contributed by atoms with Crippen molar-refractivity contribution in [2.45, 2.75) is 13.8 Å². The lowest BCUT2D eigenvalue weighted by molar-refractivity contribution is 0.0523. The van der Waals surface area contributed by atoms with Gasteiger partial charge in [-0.1, -0.05) is 11.6 Å². The molecule has 2 aromatic rings. The average Bonchev–Trinajstić information content (AvgIpc) is 2.74. The van der Waals surface area contributed by atoms with Gasteiger partial charge in [-0.05, 0) is 37.6 Å². The molecule has 5 nitrogen and oxygen atoms in total. The van der Waals surface area contributed by atoms with E-state index in [9.17, 15) is 4.79 Å². The molecule has 1 heterocycles. The molecule has 0 saturated heterocycles. The monoisotopic (exact) mass is 294 g/mol. The van der Waals surface area contributed by atoms with Gasteiger partial charge in [-0.15, -0.1) is 5.10 Å². The van der Waals surface area contributed by atoms with E-state index in [1.54, 1.807) is 38.4 Å². The summed E-state index contributed by atoms with van der Waals surface area (Å²) in [6.45, 7) is 3.92. The minimum atomic E-state index is -0.456. The molecule has 0 spiro atoms. The number of halogens is 1. The zero-order valence-electron chi connectivity index (χ0n) is 11.5. The molecular formula is C14H15ClN2O3. The van der Waals surface area contributed by atoms with Crippen molar-refractivity contribution in [3.05, 3.63) is 40.5 Å². The van der Waals surface area contributed by atoms with E-state index in [1.165, 1.54) is 4.68 Å². The Balaban J connectivity index is 2.31. The van der Waals surface area contributed by atoms with Gasteiger partial charge in [0.25, 0.3) is 5.88 Å². The molecule has 1 aromatic heterocycles. The van der Waals surface area contributed by atoms with Crippen LogP contribution in [0.3, 0.4) is 0 Å². The van der Waals surface area contributed by atoms with Crippen molar-refractivity contribution in [3.63, 3.8) is 0 Å². The number of nitrogens with zero attached hydrogens (tertiary/aromatic N) is 2. The predicted molar refractivity (Wildman–Crippen MR) is 75.4 cm³/mol. The standard InChI is InChI=1S/C14H15ClN2O3/c1-4-19-14(18)11-8-17(3)16-13(11)20-12-6-5-10(15)7-9(12)2/h5-8H,4H2,1-3H3. The highest BCUT2D eigenvalue weighted by Gasteiger charge is 2.19. The zero-order valence-corrected chi connectivity index (χ0v) is 12.3. The van der Waals surface area contributed by atoms with Gasteiger partial charge in [0.05, 0.1) is 6.61 Å². The smallest absolute Gasteiger partial charge is 0.345 e. The molecule has 1 aromatic carbocycles. The Morgan fingerprint density at radius 1 is 1.45 bits per heavy atom. The lowest BCUT2D eigenvalue weighted by Crippen LogP contribution is -2.05. The Labute approximate surface area is 122 Å². The Kier molecular flexibility index (Phi) is 4.29. The van der Waals surface area contributed by atoms with Crippen LogP contribution in [0.1, 0.15) is 22.8 Å². The maximum absolute atomic E-state index is 11.8. The molecule has 0 aliphatic heterocycles. The third-order valence-corrected chi connectivity index (χ3v) is 2.87. The first-order chi connectivity index (χ1) is 9.51. The van der Waals surface area contributed by atoms with E-state index >= 15 is 0 Å². The van der Waals surface area contributed by atoms with Gasteiger partial charge in [-0.2, -0.15) is 0 Å². The van der Waals surface area contributed by atoms with Crippen molar-refractivity contribution in [2.24, 2.45) is 7.05 Å². The molecular weight excluding hydrogens is 280 g/mol. The van der Waals surface area contributed by atoms with Crippen molar-refractivity contribution in [3.8, 4) is 11.6 Å². The normalized spacial score (nSPS) is 10.4. The van der Waals surface area contributed by atoms with Crippen LogP contribution >= 0.6 is 11.6 Å². The van der Waals surface area contributed by atoms with E-state index in [2.05, 4.69) is 5.10 Å². The third-order valence-electron chi connectivity index (χ3n) is 2.63. The zero-order chi connectivity index (χ0) is 14.7. The molecule has 0 amide bonds. The largest absolute Gasteiger partial charge is 0.462 e. The number of carbonyl (C=O) groups is 1. The fraction of sp³-hybridized carbons (Fsp3) is 0.286. The quantitative estimate of drug-likeness (QED) is 0.812. The second kappa shape index (κ2) is 5.96. The van der Waals surface area contributed by atoms with E-state index < -0.39 is 5.97 Å². The Morgan fingerprint density at radius 2 is 2.20 bits per heavy atom. The van der Waals surface area contributed by atoms with Crippen molar-refractivity contribution in [2.75, 3.05) is 6.61 Å². The summed E-state index contributed by atoms with van der Waals surface area (Å²) in [5, 5.41) is 4.76. The molecule has 0 aliphatic carbocycles. The Morgan fingerprint density at radius 3 is 2.85 bits per heavy atom. The number of aryl methyl sites for hydroxylation is 2. The number of rotatable bonds is 4. The summed E-state index contributed by atoms with van der Waals surface area (Å²) in [4.78, 5) is 11.8. The van der Waals surface area contributed by atoms with Gasteiger partial charge in [-0.3, -0.25) is 4.68 Å². The molecule has 20 heavy (non-hydrogen) atoms. The van der Waals surface area contributed by atoms with E-state index in [0.717, 1.165) is 5.56 Å². The summed E-state index contributed by atoms with van der Waals surface area (Å²) in [6, 6.07) is 5.24. The van der Waals surface area contributed by atoms with Gasteiger partial charge >= 0.3 is 5.97 Å². The van der Waals surface area contributed by atoms with Crippen LogP contribution in [0.4, 0.5) is 0 Å². The molecule has 0 atom stereocenters. The number of hydrogen-bond acceptors (Lipinski definition) is 4. The van der Waals surface area contributed by atoms with Crippen LogP contribution in [0.5, 0.6) is 11.6 Å². The molecule has 106 valence electrons. The number of esters is 1. The van der Waals surface area contributed by atoms with Gasteiger partial charge in [-0.25, -0.2) is 4.79 Å². The van der Waals surface area contributed by atoms with Gasteiger partial charge < -0.3 is 9.47 Å². The van der Waals surface area contributed by atoms with Crippen LogP contribution in [0.15, 0.2) is 24.4 Å². The highest BCUT2D eigenvalue weighted by atomic mass is 35.5. The lowest BCUT2D eigenvalue weighted by Gasteiger charge is -2.08. The van der Waals surface area contributed by atoms with Crippen LogP contribution in [0.2, 0.25) is 5.02 Å². The molecule has 0 radical (unpaired) electrons. The molecule has 0 N–H and O–H groups in total. The lowest BCUT2D eigenvalue weighted by atomic mass is 10.2. The number of benzene rings is 1. The highest BCUT2D eigenvalue weighted by molar-refractivity contribution is 6.30. The maximum Gasteiger partial charge on any atom is 0.345 e. The molecule has 0 unspecified atom stereocenters. The Hall–Kier alpha value is -2.01. The highest BCUT2D eigenvalue weighted by Crippen LogP contribution is 2.28. The van der Waals surface area contributed by atoms with Gasteiger partial charge in [0, 0.05) is 18.3 Å². The third kappa shape index (κ3) is 3.11. The minimum absolute atomic E-state index is 0.219. The molecule has 2 rings (SSSR count). The summed E-state index contributed by atoms with van der Waals surface area (Å²) < 4.78 is 12.2. The van der Waals surface area contributed by atoms with Crippen LogP contribution in [0, 0.1) is 6.92 Å². The first kappa shape index (κ1) is 14.4. The van der Waals surface area contributed by atoms with Gasteiger partial charge in [0.2, 0.25) is 0 Å². The van der Waals surface area contributed by atoms with E-state index in [-0.39, 0.29) is 5.88 Å². The average molecular weight is 295 g/mol. The number of aromatic nitrogens is 2. The topological polar surface area (TPSA) is 53.4 Å². The fourth-order valence-corrected chi connectivity index (χ4v) is 1.95. The fourth-order valence-electron chi connectivity index (χ4n) is 1.72. The SMILES string of the molecule is CCOC(=O)c1cn(C)nc1Oc1ccc(Cl)cc1C. The second-order valence-electron chi connectivity index (χ2n) is 4.25. The van der Waals surface area contributed by atoms with E-state index in [4.69, 9.17) is 21.1 Å². The van der Waals surface area contributed by atoms with Crippen LogP contribution in [0.25, 0.3) is 0 Å². The second-order valence-corrected chi connectivity index (χ2v) is 4.69. The molecule has 0 fully saturated rings. The molecule has 0 aliphatic rings. The van der Waals surface area contributed by atoms with Crippen LogP contribution in [-0.4, -0.2) is 22.4 Å². The number of ether oxygens (including phenoxy) is 2. The minimum Gasteiger partial charge on any atom is -0.462 e. The first-order valence-electron chi connectivity index (χ1n) is 6.16. The molecule has 6 heteroatoms. The maximum atomic E-state index is 11.8. The Bertz CT molecular complexity index is 637. The summed E-state index contributed by atoms with van der Waals surface area (Å²) in [5.41, 5.74) is 1.15.